The summed E-state index contributed by atoms with van der Waals surface area (Å²) in [6, 6.07) is 7.23. The second kappa shape index (κ2) is 5.18. The van der Waals surface area contributed by atoms with E-state index >= 15 is 0 Å². The number of benzene rings is 1. The Morgan fingerprint density at radius 2 is 2.22 bits per heavy atom. The van der Waals surface area contributed by atoms with E-state index in [1.807, 2.05) is 31.2 Å². The lowest BCUT2D eigenvalue weighted by Crippen LogP contribution is -2.43. The Balaban J connectivity index is 2.43. The molecule has 0 saturated carbocycles. The van der Waals surface area contributed by atoms with E-state index in [0.29, 0.717) is 12.1 Å². The number of nitrogens with zero attached hydrogens (tertiary/aromatic N) is 1. The molecular formula is C13H17N3O2. The van der Waals surface area contributed by atoms with Crippen molar-refractivity contribution in [3.05, 3.63) is 24.3 Å². The monoisotopic (exact) mass is 247 g/mol. The third-order valence-electron chi connectivity index (χ3n) is 2.96. The number of anilines is 2. The van der Waals surface area contributed by atoms with Crippen molar-refractivity contribution < 1.29 is 9.59 Å². The van der Waals surface area contributed by atoms with Crippen LogP contribution in [0.25, 0.3) is 0 Å². The highest BCUT2D eigenvalue weighted by molar-refractivity contribution is 6.04. The Labute approximate surface area is 106 Å². The minimum absolute atomic E-state index is 0.0334. The minimum atomic E-state index is -0.144. The summed E-state index contributed by atoms with van der Waals surface area (Å²) in [5, 5.41) is 5.68. The van der Waals surface area contributed by atoms with Gasteiger partial charge in [-0.25, -0.2) is 0 Å². The zero-order valence-electron chi connectivity index (χ0n) is 10.6. The third-order valence-corrected chi connectivity index (χ3v) is 2.96. The van der Waals surface area contributed by atoms with Gasteiger partial charge in [-0.05, 0) is 26.1 Å². The van der Waals surface area contributed by atoms with Crippen LogP contribution in [0.5, 0.6) is 0 Å². The summed E-state index contributed by atoms with van der Waals surface area (Å²) in [6.45, 7) is 2.14. The molecule has 1 aliphatic heterocycles. The van der Waals surface area contributed by atoms with E-state index in [1.54, 1.807) is 11.9 Å². The predicted octanol–water partition coefficient (Wildman–Crippen LogP) is 0.970. The van der Waals surface area contributed by atoms with Crippen LogP contribution in [0, 0.1) is 0 Å². The van der Waals surface area contributed by atoms with E-state index in [2.05, 4.69) is 10.6 Å². The van der Waals surface area contributed by atoms with Gasteiger partial charge in [-0.2, -0.15) is 0 Å². The molecule has 5 heteroatoms. The number of hydrogen-bond donors (Lipinski definition) is 2. The summed E-state index contributed by atoms with van der Waals surface area (Å²) >= 11 is 0. The highest BCUT2D eigenvalue weighted by Gasteiger charge is 2.28. The van der Waals surface area contributed by atoms with E-state index in [9.17, 15) is 9.59 Å². The largest absolute Gasteiger partial charge is 0.324 e. The van der Waals surface area contributed by atoms with Gasteiger partial charge in [0.05, 0.1) is 17.9 Å². The van der Waals surface area contributed by atoms with Crippen LogP contribution in [0.2, 0.25) is 0 Å². The summed E-state index contributed by atoms with van der Waals surface area (Å²) in [4.78, 5) is 25.6. The van der Waals surface area contributed by atoms with Crippen LogP contribution in [0.4, 0.5) is 11.4 Å². The molecule has 0 unspecified atom stereocenters. The van der Waals surface area contributed by atoms with Crippen molar-refractivity contribution in [3.8, 4) is 0 Å². The Bertz CT molecular complexity index is 473. The van der Waals surface area contributed by atoms with Gasteiger partial charge in [-0.1, -0.05) is 12.1 Å². The van der Waals surface area contributed by atoms with E-state index in [4.69, 9.17) is 0 Å². The summed E-state index contributed by atoms with van der Waals surface area (Å²) < 4.78 is 0. The molecule has 0 aromatic heterocycles. The minimum Gasteiger partial charge on any atom is -0.324 e. The Morgan fingerprint density at radius 3 is 2.94 bits per heavy atom. The molecule has 0 spiro atoms. The van der Waals surface area contributed by atoms with Crippen molar-refractivity contribution in [2.75, 3.05) is 23.8 Å². The summed E-state index contributed by atoms with van der Waals surface area (Å²) in [6.07, 6.45) is 0.310. The van der Waals surface area contributed by atoms with Gasteiger partial charge in [0.15, 0.2) is 0 Å². The lowest BCUT2D eigenvalue weighted by Gasteiger charge is -2.27. The maximum atomic E-state index is 12.2. The summed E-state index contributed by atoms with van der Waals surface area (Å²) in [5.41, 5.74) is 1.45. The molecule has 0 aliphatic carbocycles. The van der Waals surface area contributed by atoms with Crippen LogP contribution in [0.1, 0.15) is 13.3 Å². The summed E-state index contributed by atoms with van der Waals surface area (Å²) in [7, 11) is 1.73. The van der Waals surface area contributed by atoms with Gasteiger partial charge in [0, 0.05) is 12.5 Å². The number of nitrogens with one attached hydrogen (secondary N) is 2. The lowest BCUT2D eigenvalue weighted by molar-refractivity contribution is -0.118. The van der Waals surface area contributed by atoms with Crippen molar-refractivity contribution in [1.29, 1.82) is 0 Å². The lowest BCUT2D eigenvalue weighted by atomic mass is 10.1. The fraction of sp³-hybridized carbons (Fsp3) is 0.385. The van der Waals surface area contributed by atoms with Crippen LogP contribution in [-0.2, 0) is 9.59 Å². The molecule has 0 bridgehead atoms. The molecule has 0 saturated heterocycles. The van der Waals surface area contributed by atoms with Crippen LogP contribution < -0.4 is 15.5 Å². The van der Waals surface area contributed by atoms with Gasteiger partial charge < -0.3 is 15.5 Å². The summed E-state index contributed by atoms with van der Waals surface area (Å²) in [5.74, 6) is -0.0938. The van der Waals surface area contributed by atoms with Crippen molar-refractivity contribution in [1.82, 2.24) is 5.32 Å². The zero-order chi connectivity index (χ0) is 13.1. The van der Waals surface area contributed by atoms with Crippen LogP contribution in [-0.4, -0.2) is 31.4 Å². The molecule has 1 aromatic carbocycles. The number of hydrogen-bond acceptors (Lipinski definition) is 3. The molecule has 2 rings (SSSR count). The van der Waals surface area contributed by atoms with Gasteiger partial charge in [0.25, 0.3) is 0 Å². The number of fused-ring (bicyclic) bond motifs is 1. The first-order valence-electron chi connectivity index (χ1n) is 5.99. The molecule has 1 aromatic rings. The van der Waals surface area contributed by atoms with E-state index in [1.165, 1.54) is 0 Å². The second-order valence-electron chi connectivity index (χ2n) is 4.41. The number of rotatable bonds is 2. The molecule has 1 heterocycles. The topological polar surface area (TPSA) is 61.4 Å². The maximum absolute atomic E-state index is 12.2. The van der Waals surface area contributed by atoms with Gasteiger partial charge in [0.1, 0.15) is 0 Å². The van der Waals surface area contributed by atoms with Gasteiger partial charge in [0.2, 0.25) is 11.8 Å². The van der Waals surface area contributed by atoms with Gasteiger partial charge in [-0.3, -0.25) is 9.59 Å². The maximum Gasteiger partial charge on any atom is 0.241 e. The molecule has 18 heavy (non-hydrogen) atoms. The average Bonchev–Trinajstić information content (AvgIpc) is 2.43. The normalized spacial score (nSPS) is 18.9. The van der Waals surface area contributed by atoms with Crippen molar-refractivity contribution >= 4 is 23.2 Å². The van der Waals surface area contributed by atoms with Gasteiger partial charge >= 0.3 is 0 Å². The number of amides is 2. The Morgan fingerprint density at radius 1 is 1.50 bits per heavy atom. The molecule has 5 nitrogen and oxygen atoms in total. The molecule has 96 valence electrons. The fourth-order valence-corrected chi connectivity index (χ4v) is 2.20. The van der Waals surface area contributed by atoms with Crippen molar-refractivity contribution in [3.63, 3.8) is 0 Å². The first kappa shape index (κ1) is 12.6. The standard InChI is InChI=1S/C13H17N3O2/c1-9-7-12(17)15-10-5-3-4-6-11(10)16(9)13(18)8-14-2/h3-6,9,14H,7-8H2,1-2H3,(H,15,17)/t9-/m0/s1. The number of carbonyl (C=O) groups is 2. The number of carbonyl (C=O) groups excluding carboxylic acids is 2. The molecule has 0 fully saturated rings. The van der Waals surface area contributed by atoms with Crippen LogP contribution in [0.3, 0.4) is 0 Å². The number of likely N-dealkylation sites (N-methyl/N-ethyl adjacent to an activating group) is 1. The Hall–Kier alpha value is -1.88. The molecule has 0 radical (unpaired) electrons. The third kappa shape index (κ3) is 2.36. The Kier molecular flexibility index (Phi) is 3.62. The molecule has 2 amide bonds. The van der Waals surface area contributed by atoms with E-state index in [0.717, 1.165) is 5.69 Å². The quantitative estimate of drug-likeness (QED) is 0.818. The molecular weight excluding hydrogens is 230 g/mol. The van der Waals surface area contributed by atoms with Crippen molar-refractivity contribution in [2.45, 2.75) is 19.4 Å². The van der Waals surface area contributed by atoms with E-state index in [-0.39, 0.29) is 24.4 Å². The zero-order valence-corrected chi connectivity index (χ0v) is 10.6. The van der Waals surface area contributed by atoms with Crippen LogP contribution in [0.15, 0.2) is 24.3 Å². The SMILES string of the molecule is CNCC(=O)N1c2ccccc2NC(=O)C[C@@H]1C. The average molecular weight is 247 g/mol. The highest BCUT2D eigenvalue weighted by Crippen LogP contribution is 2.30. The van der Waals surface area contributed by atoms with E-state index < -0.39 is 0 Å². The molecule has 1 atom stereocenters. The smallest absolute Gasteiger partial charge is 0.241 e. The predicted molar refractivity (Wildman–Crippen MR) is 70.6 cm³/mol. The second-order valence-corrected chi connectivity index (χ2v) is 4.41. The fourth-order valence-electron chi connectivity index (χ4n) is 2.20. The molecule has 2 N–H and O–H groups in total. The molecule has 1 aliphatic rings. The highest BCUT2D eigenvalue weighted by atomic mass is 16.2. The van der Waals surface area contributed by atoms with Gasteiger partial charge in [-0.15, -0.1) is 0 Å². The first-order valence-corrected chi connectivity index (χ1v) is 5.99. The first-order chi connectivity index (χ1) is 8.63. The van der Waals surface area contributed by atoms with Crippen molar-refractivity contribution in [2.24, 2.45) is 0 Å². The number of para-hydroxylation sites is 2. The van der Waals surface area contributed by atoms with Crippen LogP contribution >= 0.6 is 0 Å².